The second-order valence-electron chi connectivity index (χ2n) is 5.73. The molecule has 0 aliphatic carbocycles. The summed E-state index contributed by atoms with van der Waals surface area (Å²) in [5.74, 6) is 1.35. The van der Waals surface area contributed by atoms with Crippen molar-refractivity contribution in [3.8, 4) is 11.4 Å². The number of hydrogen-bond acceptors (Lipinski definition) is 6. The van der Waals surface area contributed by atoms with Crippen LogP contribution in [0.15, 0.2) is 41.1 Å². The quantitative estimate of drug-likeness (QED) is 0.711. The average Bonchev–Trinajstić information content (AvgIpc) is 3.06. The predicted molar refractivity (Wildman–Crippen MR) is 91.7 cm³/mol. The molecule has 0 N–H and O–H groups in total. The minimum atomic E-state index is -0.136. The lowest BCUT2D eigenvalue weighted by molar-refractivity contribution is 0.0772. The van der Waals surface area contributed by atoms with Gasteiger partial charge in [0.2, 0.25) is 11.8 Å². The lowest BCUT2D eigenvalue weighted by Gasteiger charge is -2.15. The highest BCUT2D eigenvalue weighted by Crippen LogP contribution is 2.18. The van der Waals surface area contributed by atoms with Gasteiger partial charge in [-0.1, -0.05) is 19.1 Å². The third-order valence-corrected chi connectivity index (χ3v) is 3.77. The lowest BCUT2D eigenvalue weighted by Crippen LogP contribution is -2.26. The van der Waals surface area contributed by atoms with Gasteiger partial charge in [0, 0.05) is 37.5 Å². The highest BCUT2D eigenvalue weighted by molar-refractivity contribution is 5.95. The van der Waals surface area contributed by atoms with Gasteiger partial charge in [-0.25, -0.2) is 9.97 Å². The van der Waals surface area contributed by atoms with Crippen LogP contribution in [0.1, 0.15) is 34.6 Å². The highest BCUT2D eigenvalue weighted by Gasteiger charge is 2.16. The van der Waals surface area contributed by atoms with Gasteiger partial charge in [-0.15, -0.1) is 10.2 Å². The molecule has 0 fully saturated rings. The number of hydrogen-bond donors (Lipinski definition) is 0. The summed E-state index contributed by atoms with van der Waals surface area (Å²) >= 11 is 0. The first-order chi connectivity index (χ1) is 12.1. The molecule has 128 valence electrons. The second kappa shape index (κ2) is 7.21. The SMILES string of the molecule is CCc1cnc(-c2cccc(C(=O)N(C)Cc3nnc(C)o3)c2)nc1. The molecule has 0 saturated carbocycles. The fourth-order valence-electron chi connectivity index (χ4n) is 2.37. The van der Waals surface area contributed by atoms with Gasteiger partial charge in [-0.2, -0.15) is 0 Å². The Hall–Kier alpha value is -3.09. The van der Waals surface area contributed by atoms with Crippen LogP contribution in [-0.4, -0.2) is 38.0 Å². The maximum atomic E-state index is 12.6. The Morgan fingerprint density at radius 3 is 2.60 bits per heavy atom. The zero-order chi connectivity index (χ0) is 17.8. The van der Waals surface area contributed by atoms with Gasteiger partial charge in [0.1, 0.15) is 0 Å². The largest absolute Gasteiger partial charge is 0.424 e. The summed E-state index contributed by atoms with van der Waals surface area (Å²) in [5, 5.41) is 7.68. The van der Waals surface area contributed by atoms with Crippen LogP contribution in [0, 0.1) is 6.92 Å². The van der Waals surface area contributed by atoms with E-state index in [1.807, 2.05) is 12.1 Å². The van der Waals surface area contributed by atoms with E-state index in [4.69, 9.17) is 4.42 Å². The minimum Gasteiger partial charge on any atom is -0.424 e. The normalized spacial score (nSPS) is 10.7. The fourth-order valence-corrected chi connectivity index (χ4v) is 2.37. The smallest absolute Gasteiger partial charge is 0.254 e. The van der Waals surface area contributed by atoms with Crippen molar-refractivity contribution in [2.75, 3.05) is 7.05 Å². The molecule has 3 rings (SSSR count). The molecule has 2 aromatic heterocycles. The number of nitrogens with zero attached hydrogens (tertiary/aromatic N) is 5. The zero-order valence-corrected chi connectivity index (χ0v) is 14.4. The minimum absolute atomic E-state index is 0.136. The molecule has 1 amide bonds. The molecular weight excluding hydrogens is 318 g/mol. The number of aromatic nitrogens is 4. The van der Waals surface area contributed by atoms with E-state index in [9.17, 15) is 4.79 Å². The van der Waals surface area contributed by atoms with Crippen LogP contribution in [0.4, 0.5) is 0 Å². The topological polar surface area (TPSA) is 85.0 Å². The van der Waals surface area contributed by atoms with Crippen molar-refractivity contribution < 1.29 is 9.21 Å². The zero-order valence-electron chi connectivity index (χ0n) is 14.4. The molecule has 0 spiro atoms. The Balaban J connectivity index is 1.78. The number of carbonyl (C=O) groups is 1. The van der Waals surface area contributed by atoms with E-state index in [2.05, 4.69) is 27.1 Å². The summed E-state index contributed by atoms with van der Waals surface area (Å²) in [4.78, 5) is 22.9. The van der Waals surface area contributed by atoms with Gasteiger partial charge in [0.15, 0.2) is 5.82 Å². The van der Waals surface area contributed by atoms with Gasteiger partial charge < -0.3 is 9.32 Å². The molecule has 0 atom stereocenters. The van der Waals surface area contributed by atoms with E-state index in [-0.39, 0.29) is 12.5 Å². The number of carbonyl (C=O) groups excluding carboxylic acids is 1. The number of benzene rings is 1. The van der Waals surface area contributed by atoms with E-state index in [0.717, 1.165) is 17.5 Å². The molecule has 0 aliphatic heterocycles. The van der Waals surface area contributed by atoms with Gasteiger partial charge in [-0.05, 0) is 24.1 Å². The maximum absolute atomic E-state index is 12.6. The Bertz CT molecular complexity index is 873. The molecule has 0 radical (unpaired) electrons. The summed E-state index contributed by atoms with van der Waals surface area (Å²) in [6, 6.07) is 7.27. The standard InChI is InChI=1S/C18H19N5O2/c1-4-13-9-19-17(20-10-13)14-6-5-7-15(8-14)18(24)23(3)11-16-22-21-12(2)25-16/h5-10H,4,11H2,1-3H3. The van der Waals surface area contributed by atoms with Crippen LogP contribution in [0.5, 0.6) is 0 Å². The lowest BCUT2D eigenvalue weighted by atomic mass is 10.1. The van der Waals surface area contributed by atoms with Gasteiger partial charge >= 0.3 is 0 Å². The second-order valence-corrected chi connectivity index (χ2v) is 5.73. The predicted octanol–water partition coefficient (Wildman–Crippen LogP) is 2.67. The van der Waals surface area contributed by atoms with Crippen molar-refractivity contribution >= 4 is 5.91 Å². The summed E-state index contributed by atoms with van der Waals surface area (Å²) < 4.78 is 5.32. The molecule has 2 heterocycles. The summed E-state index contributed by atoms with van der Waals surface area (Å²) in [5.41, 5.74) is 2.43. The Morgan fingerprint density at radius 2 is 1.96 bits per heavy atom. The molecule has 1 aromatic carbocycles. The van der Waals surface area contributed by atoms with Crippen LogP contribution in [0.2, 0.25) is 0 Å². The monoisotopic (exact) mass is 337 g/mol. The van der Waals surface area contributed by atoms with Crippen molar-refractivity contribution in [2.24, 2.45) is 0 Å². The Labute approximate surface area is 145 Å². The molecule has 0 aliphatic rings. The number of aryl methyl sites for hydroxylation is 2. The van der Waals surface area contributed by atoms with Crippen molar-refractivity contribution in [1.29, 1.82) is 0 Å². The summed E-state index contributed by atoms with van der Waals surface area (Å²) in [7, 11) is 1.70. The first-order valence-corrected chi connectivity index (χ1v) is 8.02. The van der Waals surface area contributed by atoms with Crippen molar-refractivity contribution in [3.05, 3.63) is 59.6 Å². The fraction of sp³-hybridized carbons (Fsp3) is 0.278. The molecule has 0 unspecified atom stereocenters. The maximum Gasteiger partial charge on any atom is 0.254 e. The van der Waals surface area contributed by atoms with Gasteiger partial charge in [0.05, 0.1) is 6.54 Å². The first-order valence-electron chi connectivity index (χ1n) is 8.02. The van der Waals surface area contributed by atoms with Gasteiger partial charge in [-0.3, -0.25) is 4.79 Å². The third kappa shape index (κ3) is 3.88. The van der Waals surface area contributed by atoms with E-state index >= 15 is 0 Å². The van der Waals surface area contributed by atoms with E-state index in [1.54, 1.807) is 38.5 Å². The Morgan fingerprint density at radius 1 is 1.20 bits per heavy atom. The molecule has 7 nitrogen and oxygen atoms in total. The molecule has 0 saturated heterocycles. The highest BCUT2D eigenvalue weighted by atomic mass is 16.4. The molecule has 0 bridgehead atoms. The van der Waals surface area contributed by atoms with E-state index in [1.165, 1.54) is 4.90 Å². The van der Waals surface area contributed by atoms with Crippen LogP contribution in [0.3, 0.4) is 0 Å². The van der Waals surface area contributed by atoms with E-state index in [0.29, 0.717) is 23.2 Å². The summed E-state index contributed by atoms with van der Waals surface area (Å²) in [6.07, 6.45) is 4.50. The van der Waals surface area contributed by atoms with Crippen LogP contribution >= 0.6 is 0 Å². The van der Waals surface area contributed by atoms with Crippen LogP contribution in [-0.2, 0) is 13.0 Å². The number of rotatable bonds is 5. The van der Waals surface area contributed by atoms with E-state index < -0.39 is 0 Å². The number of amides is 1. The van der Waals surface area contributed by atoms with Crippen molar-refractivity contribution in [1.82, 2.24) is 25.1 Å². The van der Waals surface area contributed by atoms with Crippen LogP contribution in [0.25, 0.3) is 11.4 Å². The van der Waals surface area contributed by atoms with Crippen LogP contribution < -0.4 is 0 Å². The van der Waals surface area contributed by atoms with Crippen molar-refractivity contribution in [2.45, 2.75) is 26.8 Å². The Kier molecular flexibility index (Phi) is 4.83. The van der Waals surface area contributed by atoms with Crippen molar-refractivity contribution in [3.63, 3.8) is 0 Å². The molecule has 25 heavy (non-hydrogen) atoms. The van der Waals surface area contributed by atoms with Gasteiger partial charge in [0.25, 0.3) is 5.91 Å². The third-order valence-electron chi connectivity index (χ3n) is 3.77. The summed E-state index contributed by atoms with van der Waals surface area (Å²) in [6.45, 7) is 4.02. The molecule has 3 aromatic rings. The average molecular weight is 337 g/mol. The molecular formula is C18H19N5O2. The molecule has 7 heteroatoms. The first kappa shape index (κ1) is 16.8.